The van der Waals surface area contributed by atoms with Crippen molar-refractivity contribution in [1.29, 1.82) is 0 Å². The highest BCUT2D eigenvalue weighted by atomic mass is 32.2. The number of benzene rings is 1. The summed E-state index contributed by atoms with van der Waals surface area (Å²) < 4.78 is 0.666. The van der Waals surface area contributed by atoms with Gasteiger partial charge in [0.1, 0.15) is 4.32 Å². The lowest BCUT2D eigenvalue weighted by atomic mass is 9.96. The van der Waals surface area contributed by atoms with Gasteiger partial charge in [0.15, 0.2) is 5.17 Å². The lowest BCUT2D eigenvalue weighted by molar-refractivity contribution is -0.165. The number of rotatable bonds is 5. The van der Waals surface area contributed by atoms with E-state index in [1.807, 2.05) is 18.2 Å². The lowest BCUT2D eigenvalue weighted by Gasteiger charge is -2.39. The minimum atomic E-state index is -0.123. The Morgan fingerprint density at radius 3 is 2.75 bits per heavy atom. The van der Waals surface area contributed by atoms with Crippen LogP contribution in [0.15, 0.2) is 29.3 Å². The van der Waals surface area contributed by atoms with Gasteiger partial charge in [0.2, 0.25) is 0 Å². The molecule has 1 aliphatic rings. The molecule has 0 saturated carbocycles. The quantitative estimate of drug-likeness (QED) is 0.480. The number of amidine groups is 1. The van der Waals surface area contributed by atoms with Crippen LogP contribution < -0.4 is 0 Å². The van der Waals surface area contributed by atoms with E-state index in [4.69, 9.17) is 22.0 Å². The third-order valence-corrected chi connectivity index (χ3v) is 7.28. The number of thiocarbonyl (C=S) groups is 1. The van der Waals surface area contributed by atoms with Gasteiger partial charge in [0.05, 0.1) is 18.6 Å². The first-order chi connectivity index (χ1) is 13.1. The molecule has 28 heavy (non-hydrogen) atoms. The Kier molecular flexibility index (Phi) is 8.36. The molecular weight excluding hydrogens is 410 g/mol. The number of hydroxylamine groups is 2. The average Bonchev–Trinajstić information content (AvgIpc) is 2.66. The van der Waals surface area contributed by atoms with E-state index < -0.39 is 0 Å². The van der Waals surface area contributed by atoms with E-state index in [9.17, 15) is 4.79 Å². The highest BCUT2D eigenvalue weighted by molar-refractivity contribution is 8.23. The summed E-state index contributed by atoms with van der Waals surface area (Å²) in [6.07, 6.45) is 0. The third kappa shape index (κ3) is 6.20. The molecule has 8 heteroatoms. The molecule has 0 aromatic heterocycles. The summed E-state index contributed by atoms with van der Waals surface area (Å²) in [7, 11) is 3.07. The number of thioether (sulfide) groups is 2. The monoisotopic (exact) mass is 439 g/mol. The van der Waals surface area contributed by atoms with E-state index in [2.05, 4.69) is 38.7 Å². The Bertz CT molecular complexity index is 750. The molecule has 1 aromatic rings. The summed E-state index contributed by atoms with van der Waals surface area (Å²) in [5.41, 5.74) is 2.31. The van der Waals surface area contributed by atoms with Crippen molar-refractivity contribution in [1.82, 2.24) is 9.96 Å². The zero-order valence-corrected chi connectivity index (χ0v) is 19.8. The predicted molar refractivity (Wildman–Crippen MR) is 125 cm³/mol. The normalized spacial score (nSPS) is 17.8. The zero-order chi connectivity index (χ0) is 20.9. The molecule has 0 N–H and O–H groups in total. The fourth-order valence-electron chi connectivity index (χ4n) is 2.69. The second-order valence-corrected chi connectivity index (χ2v) is 10.3. The number of nitrogens with zero attached hydrogens (tertiary/aromatic N) is 3. The molecular formula is C20H29N3O2S3. The maximum absolute atomic E-state index is 12.0. The van der Waals surface area contributed by atoms with Crippen LogP contribution in [0, 0.1) is 5.41 Å². The summed E-state index contributed by atoms with van der Waals surface area (Å²) in [4.78, 5) is 24.0. The second kappa shape index (κ2) is 10.1. The number of amides is 1. The number of hydrogen-bond acceptors (Lipinski definition) is 6. The van der Waals surface area contributed by atoms with Crippen LogP contribution in [-0.2, 0) is 9.63 Å². The fraction of sp³-hybridized carbons (Fsp3) is 0.550. The molecule has 0 bridgehead atoms. The van der Waals surface area contributed by atoms with Gasteiger partial charge in [-0.15, -0.1) is 0 Å². The first-order valence-corrected chi connectivity index (χ1v) is 11.6. The largest absolute Gasteiger partial charge is 0.306 e. The van der Waals surface area contributed by atoms with Crippen LogP contribution in [0.25, 0.3) is 0 Å². The molecule has 0 unspecified atom stereocenters. The first kappa shape index (κ1) is 23.2. The van der Waals surface area contributed by atoms with Gasteiger partial charge in [-0.05, 0) is 23.0 Å². The van der Waals surface area contributed by atoms with Crippen molar-refractivity contribution in [3.63, 3.8) is 0 Å². The van der Waals surface area contributed by atoms with Gasteiger partial charge >= 0.3 is 0 Å². The molecule has 0 aliphatic carbocycles. The Hall–Kier alpha value is -1.09. The van der Waals surface area contributed by atoms with Crippen molar-refractivity contribution < 1.29 is 9.63 Å². The Morgan fingerprint density at radius 2 is 2.11 bits per heavy atom. The van der Waals surface area contributed by atoms with Crippen LogP contribution in [-0.4, -0.2) is 57.6 Å². The van der Waals surface area contributed by atoms with Crippen LogP contribution in [0.4, 0.5) is 5.69 Å². The van der Waals surface area contributed by atoms with Crippen molar-refractivity contribution >= 4 is 56.8 Å². The van der Waals surface area contributed by atoms with Crippen LogP contribution in [0.1, 0.15) is 39.2 Å². The van der Waals surface area contributed by atoms with Crippen molar-refractivity contribution in [2.75, 3.05) is 32.2 Å². The molecule has 1 amide bonds. The average molecular weight is 440 g/mol. The smallest absolute Gasteiger partial charge is 0.256 e. The summed E-state index contributed by atoms with van der Waals surface area (Å²) in [6.45, 7) is 9.58. The van der Waals surface area contributed by atoms with Gasteiger partial charge in [0, 0.05) is 19.3 Å². The summed E-state index contributed by atoms with van der Waals surface area (Å²) in [6, 6.07) is 8.23. The number of para-hydroxylation sites is 1. The number of aliphatic imine (C=N–C) groups is 1. The van der Waals surface area contributed by atoms with Crippen LogP contribution >= 0.6 is 35.7 Å². The summed E-state index contributed by atoms with van der Waals surface area (Å²) in [5.74, 6) is 1.48. The second-order valence-electron chi connectivity index (χ2n) is 7.78. The minimum Gasteiger partial charge on any atom is -0.306 e. The van der Waals surface area contributed by atoms with E-state index >= 15 is 0 Å². The minimum absolute atomic E-state index is 0.110. The number of hydrogen-bond donors (Lipinski definition) is 0. The third-order valence-electron chi connectivity index (χ3n) is 4.35. The van der Waals surface area contributed by atoms with Crippen molar-refractivity contribution in [3.05, 3.63) is 29.8 Å². The van der Waals surface area contributed by atoms with E-state index in [0.717, 1.165) is 23.2 Å². The van der Waals surface area contributed by atoms with Crippen molar-refractivity contribution in [3.8, 4) is 0 Å². The molecule has 0 atom stereocenters. The topological polar surface area (TPSA) is 45.1 Å². The molecule has 0 radical (unpaired) electrons. The molecule has 5 nitrogen and oxygen atoms in total. The van der Waals surface area contributed by atoms with Gasteiger partial charge < -0.3 is 4.90 Å². The van der Waals surface area contributed by atoms with Gasteiger partial charge in [-0.1, -0.05) is 81.6 Å². The standard InChI is InChI=1S/C20H29N3O2S3/c1-14(2)15-9-7-8-10-16(15)21-18-23(12-20(3,4)13-28-18)19(26)27-11-17(24)22(5)25-6/h7-10,14H,11-13H2,1-6H3. The van der Waals surface area contributed by atoms with Gasteiger partial charge in [0.25, 0.3) is 5.91 Å². The van der Waals surface area contributed by atoms with Gasteiger partial charge in [-0.3, -0.25) is 9.63 Å². The maximum atomic E-state index is 12.0. The highest BCUT2D eigenvalue weighted by Gasteiger charge is 2.33. The van der Waals surface area contributed by atoms with Crippen LogP contribution in [0.3, 0.4) is 0 Å². The molecule has 154 valence electrons. The fourth-order valence-corrected chi connectivity index (χ4v) is 4.95. The Morgan fingerprint density at radius 1 is 1.43 bits per heavy atom. The van der Waals surface area contributed by atoms with Gasteiger partial charge in [-0.25, -0.2) is 10.1 Å². The van der Waals surface area contributed by atoms with E-state index in [-0.39, 0.29) is 17.1 Å². The van der Waals surface area contributed by atoms with E-state index in [1.165, 1.54) is 29.5 Å². The molecule has 0 spiro atoms. The predicted octanol–water partition coefficient (Wildman–Crippen LogP) is 4.91. The molecule has 1 aromatic carbocycles. The van der Waals surface area contributed by atoms with E-state index in [1.54, 1.807) is 18.8 Å². The highest BCUT2D eigenvalue weighted by Crippen LogP contribution is 2.36. The zero-order valence-electron chi connectivity index (χ0n) is 17.4. The molecule has 2 rings (SSSR count). The van der Waals surface area contributed by atoms with Crippen LogP contribution in [0.5, 0.6) is 0 Å². The maximum Gasteiger partial charge on any atom is 0.256 e. The molecule has 1 saturated heterocycles. The number of carbonyl (C=O) groups is 1. The van der Waals surface area contributed by atoms with Crippen molar-refractivity contribution in [2.24, 2.45) is 10.4 Å². The van der Waals surface area contributed by atoms with Gasteiger partial charge in [-0.2, -0.15) is 0 Å². The Balaban J connectivity index is 2.25. The SMILES string of the molecule is CON(C)C(=O)CSC(=S)N1CC(C)(C)CSC1=Nc1ccccc1C(C)C. The number of carbonyl (C=O) groups excluding carboxylic acids is 1. The first-order valence-electron chi connectivity index (χ1n) is 9.20. The molecule has 1 heterocycles. The molecule has 1 fully saturated rings. The molecule has 1 aliphatic heterocycles. The summed E-state index contributed by atoms with van der Waals surface area (Å²) in [5, 5.41) is 2.12. The van der Waals surface area contributed by atoms with E-state index in [0.29, 0.717) is 10.2 Å². The lowest BCUT2D eigenvalue weighted by Crippen LogP contribution is -2.45. The Labute approximate surface area is 182 Å². The van der Waals surface area contributed by atoms with Crippen LogP contribution in [0.2, 0.25) is 0 Å². The summed E-state index contributed by atoms with van der Waals surface area (Å²) >= 11 is 8.75. The van der Waals surface area contributed by atoms with Crippen molar-refractivity contribution in [2.45, 2.75) is 33.6 Å².